The Kier molecular flexibility index (Phi) is 6.76. The minimum atomic E-state index is -3.60. The van der Waals surface area contributed by atoms with Gasteiger partial charge in [-0.05, 0) is 43.2 Å². The van der Waals surface area contributed by atoms with Gasteiger partial charge in [0.2, 0.25) is 15.9 Å². The summed E-state index contributed by atoms with van der Waals surface area (Å²) in [6.45, 7) is 1.19. The second kappa shape index (κ2) is 9.70. The number of nitrogens with zero attached hydrogens (tertiary/aromatic N) is 2. The first kappa shape index (κ1) is 22.3. The van der Waals surface area contributed by atoms with Crippen molar-refractivity contribution in [2.24, 2.45) is 0 Å². The summed E-state index contributed by atoms with van der Waals surface area (Å²) in [6, 6.07) is 13.5. The predicted octanol–water partition coefficient (Wildman–Crippen LogP) is 3.01. The Labute approximate surface area is 188 Å². The molecule has 32 heavy (non-hydrogen) atoms. The predicted molar refractivity (Wildman–Crippen MR) is 121 cm³/mol. The molecule has 2 aromatic rings. The van der Waals surface area contributed by atoms with Crippen molar-refractivity contribution in [1.29, 1.82) is 0 Å². The average molecular weight is 458 g/mol. The molecule has 2 aliphatic rings. The van der Waals surface area contributed by atoms with Crippen molar-refractivity contribution in [3.8, 4) is 5.75 Å². The molecular weight excluding hydrogens is 430 g/mol. The maximum absolute atomic E-state index is 13.0. The lowest BCUT2D eigenvalue weighted by Gasteiger charge is -2.29. The molecular formula is C23H27N3O5S. The van der Waals surface area contributed by atoms with Crippen molar-refractivity contribution in [1.82, 2.24) is 4.31 Å². The fraction of sp³-hybridized carbons (Fsp3) is 0.391. The van der Waals surface area contributed by atoms with Gasteiger partial charge in [0.05, 0.1) is 10.6 Å². The zero-order valence-corrected chi connectivity index (χ0v) is 18.6. The maximum Gasteiger partial charge on any atom is 0.265 e. The number of rotatable bonds is 6. The van der Waals surface area contributed by atoms with Crippen LogP contribution in [0.1, 0.15) is 32.1 Å². The molecule has 2 amide bonds. The third-order valence-corrected chi connectivity index (χ3v) is 7.59. The van der Waals surface area contributed by atoms with E-state index in [-0.39, 0.29) is 36.3 Å². The minimum absolute atomic E-state index is 0.0605. The molecule has 1 N–H and O–H groups in total. The number of carbonyl (C=O) groups is 2. The molecule has 9 heteroatoms. The van der Waals surface area contributed by atoms with Crippen LogP contribution in [0.3, 0.4) is 0 Å². The van der Waals surface area contributed by atoms with E-state index in [1.54, 1.807) is 35.2 Å². The highest BCUT2D eigenvalue weighted by molar-refractivity contribution is 7.89. The first-order valence-electron chi connectivity index (χ1n) is 10.9. The number of amides is 2. The summed E-state index contributed by atoms with van der Waals surface area (Å²) in [4.78, 5) is 26.5. The van der Waals surface area contributed by atoms with E-state index in [0.29, 0.717) is 30.2 Å². The molecule has 0 spiro atoms. The third-order valence-electron chi connectivity index (χ3n) is 5.69. The maximum atomic E-state index is 13.0. The molecule has 8 nitrogen and oxygen atoms in total. The van der Waals surface area contributed by atoms with Crippen LogP contribution >= 0.6 is 0 Å². The molecule has 0 atom stereocenters. The standard InChI is InChI=1S/C23H27N3O5S/c27-22(12-15-26-20-10-3-4-11-21(20)31-17-23(26)28)24-18-8-7-9-19(16-18)32(29,30)25-13-5-1-2-6-14-25/h3-4,7-11,16H,1-2,5-6,12-15,17H2,(H,24,27). The van der Waals surface area contributed by atoms with E-state index < -0.39 is 10.0 Å². The van der Waals surface area contributed by atoms with Gasteiger partial charge in [0, 0.05) is 31.7 Å². The molecule has 0 radical (unpaired) electrons. The van der Waals surface area contributed by atoms with Crippen LogP contribution in [0.15, 0.2) is 53.4 Å². The van der Waals surface area contributed by atoms with Gasteiger partial charge in [-0.25, -0.2) is 8.42 Å². The summed E-state index contributed by atoms with van der Waals surface area (Å²) in [5.74, 6) is 0.104. The van der Waals surface area contributed by atoms with E-state index >= 15 is 0 Å². The molecule has 0 saturated carbocycles. The Bertz CT molecular complexity index is 1090. The Morgan fingerprint density at radius 1 is 1.00 bits per heavy atom. The molecule has 1 fully saturated rings. The van der Waals surface area contributed by atoms with Gasteiger partial charge in [-0.2, -0.15) is 4.31 Å². The number of carbonyl (C=O) groups excluding carboxylic acids is 2. The summed E-state index contributed by atoms with van der Waals surface area (Å²) < 4.78 is 33.0. The van der Waals surface area contributed by atoms with Crippen LogP contribution in [0.25, 0.3) is 0 Å². The smallest absolute Gasteiger partial charge is 0.265 e. The number of hydrogen-bond acceptors (Lipinski definition) is 5. The van der Waals surface area contributed by atoms with Gasteiger partial charge in [0.25, 0.3) is 5.91 Å². The molecule has 0 aliphatic carbocycles. The third kappa shape index (κ3) is 4.94. The summed E-state index contributed by atoms with van der Waals surface area (Å²) in [7, 11) is -3.60. The number of hydrogen-bond donors (Lipinski definition) is 1. The molecule has 0 bridgehead atoms. The average Bonchev–Trinajstić information content (AvgIpc) is 3.09. The van der Waals surface area contributed by atoms with Crippen LogP contribution < -0.4 is 15.0 Å². The zero-order chi connectivity index (χ0) is 22.6. The highest BCUT2D eigenvalue weighted by Gasteiger charge is 2.27. The van der Waals surface area contributed by atoms with E-state index in [0.717, 1.165) is 25.7 Å². The van der Waals surface area contributed by atoms with Gasteiger partial charge < -0.3 is 15.0 Å². The lowest BCUT2D eigenvalue weighted by Crippen LogP contribution is -2.40. The Morgan fingerprint density at radius 3 is 2.53 bits per heavy atom. The second-order valence-corrected chi connectivity index (χ2v) is 9.88. The molecule has 2 aromatic carbocycles. The Balaban J connectivity index is 1.41. The van der Waals surface area contributed by atoms with Crippen molar-refractivity contribution < 1.29 is 22.7 Å². The van der Waals surface area contributed by atoms with Crippen molar-refractivity contribution in [3.05, 3.63) is 48.5 Å². The molecule has 2 heterocycles. The first-order chi connectivity index (χ1) is 15.4. The zero-order valence-electron chi connectivity index (χ0n) is 17.8. The number of fused-ring (bicyclic) bond motifs is 1. The number of sulfonamides is 1. The largest absolute Gasteiger partial charge is 0.482 e. The lowest BCUT2D eigenvalue weighted by atomic mass is 10.2. The minimum Gasteiger partial charge on any atom is -0.482 e. The van der Waals surface area contributed by atoms with Crippen LogP contribution in [0.2, 0.25) is 0 Å². The van der Waals surface area contributed by atoms with Gasteiger partial charge in [-0.15, -0.1) is 0 Å². The van der Waals surface area contributed by atoms with Crippen LogP contribution in [0.5, 0.6) is 5.75 Å². The summed E-state index contributed by atoms with van der Waals surface area (Å²) in [6.07, 6.45) is 3.87. The lowest BCUT2D eigenvalue weighted by molar-refractivity contribution is -0.121. The van der Waals surface area contributed by atoms with Crippen LogP contribution in [-0.4, -0.2) is 50.8 Å². The van der Waals surface area contributed by atoms with Crippen LogP contribution in [-0.2, 0) is 19.6 Å². The van der Waals surface area contributed by atoms with Crippen LogP contribution in [0, 0.1) is 0 Å². The summed E-state index contributed by atoms with van der Waals surface area (Å²) >= 11 is 0. The van der Waals surface area contributed by atoms with Crippen LogP contribution in [0.4, 0.5) is 11.4 Å². The van der Waals surface area contributed by atoms with Gasteiger partial charge in [-0.1, -0.05) is 31.0 Å². The highest BCUT2D eigenvalue weighted by atomic mass is 32.2. The van der Waals surface area contributed by atoms with E-state index in [1.807, 2.05) is 12.1 Å². The Hall–Kier alpha value is -2.91. The number of benzene rings is 2. The normalized spacial score (nSPS) is 17.2. The van der Waals surface area contributed by atoms with E-state index in [4.69, 9.17) is 4.74 Å². The topological polar surface area (TPSA) is 96.0 Å². The molecule has 4 rings (SSSR count). The highest BCUT2D eigenvalue weighted by Crippen LogP contribution is 2.31. The van der Waals surface area contributed by atoms with Crippen molar-refractivity contribution in [2.45, 2.75) is 37.0 Å². The molecule has 170 valence electrons. The fourth-order valence-corrected chi connectivity index (χ4v) is 5.56. The van der Waals surface area contributed by atoms with Gasteiger partial charge in [0.1, 0.15) is 5.75 Å². The number of nitrogens with one attached hydrogen (secondary N) is 1. The van der Waals surface area contributed by atoms with Crippen molar-refractivity contribution >= 4 is 33.2 Å². The quantitative estimate of drug-likeness (QED) is 0.719. The summed E-state index contributed by atoms with van der Waals surface area (Å²) in [5.41, 5.74) is 1.06. The van der Waals surface area contributed by atoms with Crippen molar-refractivity contribution in [2.75, 3.05) is 36.5 Å². The van der Waals surface area contributed by atoms with Gasteiger partial charge in [-0.3, -0.25) is 9.59 Å². The van der Waals surface area contributed by atoms with Gasteiger partial charge >= 0.3 is 0 Å². The second-order valence-electron chi connectivity index (χ2n) is 7.95. The number of ether oxygens (including phenoxy) is 1. The van der Waals surface area contributed by atoms with Crippen molar-refractivity contribution in [3.63, 3.8) is 0 Å². The number of anilines is 2. The molecule has 2 aliphatic heterocycles. The fourth-order valence-electron chi connectivity index (χ4n) is 4.00. The number of para-hydroxylation sites is 2. The van der Waals surface area contributed by atoms with Gasteiger partial charge in [0.15, 0.2) is 6.61 Å². The molecule has 1 saturated heterocycles. The van der Waals surface area contributed by atoms with E-state index in [2.05, 4.69) is 5.32 Å². The molecule has 0 aromatic heterocycles. The molecule has 0 unspecified atom stereocenters. The monoisotopic (exact) mass is 457 g/mol. The van der Waals surface area contributed by atoms with E-state index in [9.17, 15) is 18.0 Å². The van der Waals surface area contributed by atoms with E-state index in [1.165, 1.54) is 10.4 Å². The first-order valence-corrected chi connectivity index (χ1v) is 12.3. The summed E-state index contributed by atoms with van der Waals surface area (Å²) in [5, 5.41) is 2.76. The Morgan fingerprint density at radius 2 is 1.75 bits per heavy atom. The SMILES string of the molecule is O=C(CCN1C(=O)COc2ccccc21)Nc1cccc(S(=O)(=O)N2CCCCCC2)c1.